The van der Waals surface area contributed by atoms with Crippen molar-refractivity contribution in [3.05, 3.63) is 28.8 Å². The van der Waals surface area contributed by atoms with Crippen LogP contribution < -0.4 is 4.90 Å². The molecule has 1 saturated heterocycles. The van der Waals surface area contributed by atoms with Gasteiger partial charge in [-0.05, 0) is 12.1 Å². The largest absolute Gasteiger partial charge is 0.310 e. The second kappa shape index (κ2) is 4.79. The minimum absolute atomic E-state index is 0.0643. The number of nitriles is 1. The molecular weight excluding hydrogens is 295 g/mol. The highest BCUT2D eigenvalue weighted by Crippen LogP contribution is 2.31. The molecule has 0 aliphatic carbocycles. The number of hydrogen-bond acceptors (Lipinski definition) is 4. The van der Waals surface area contributed by atoms with E-state index in [9.17, 15) is 17.1 Å². The molecule has 1 heterocycles. The van der Waals surface area contributed by atoms with Crippen molar-refractivity contribution >= 4 is 33.4 Å². The summed E-state index contributed by atoms with van der Waals surface area (Å²) in [6.45, 7) is -0.313. The number of benzene rings is 1. The highest BCUT2D eigenvalue weighted by Gasteiger charge is 2.39. The Labute approximate surface area is 114 Å². The van der Waals surface area contributed by atoms with Gasteiger partial charge in [-0.3, -0.25) is 4.79 Å². The maximum Gasteiger partial charge on any atom is 0.307 e. The summed E-state index contributed by atoms with van der Waals surface area (Å²) in [5.74, 6) is -0.551. The lowest BCUT2D eigenvalue weighted by atomic mass is 10.2. The number of anilines is 1. The molecule has 1 aliphatic heterocycles. The van der Waals surface area contributed by atoms with Crippen LogP contribution in [0, 0.1) is 11.3 Å². The zero-order valence-electron chi connectivity index (χ0n) is 9.51. The molecule has 8 heteroatoms. The van der Waals surface area contributed by atoms with Gasteiger partial charge in [-0.2, -0.15) is 13.7 Å². The number of rotatable bonds is 2. The summed E-state index contributed by atoms with van der Waals surface area (Å²) in [6, 6.07) is 6.32. The standard InChI is InChI=1S/C11H8ClFN2O3S/c12-9-2-1-3-10(8(9)5-14)15-6-7(4-11(15)16)19(13,17)18/h1-3,7H,4,6H2. The molecule has 1 aromatic rings. The molecule has 0 radical (unpaired) electrons. The van der Waals surface area contributed by atoms with Crippen LogP contribution in [0.2, 0.25) is 5.02 Å². The summed E-state index contributed by atoms with van der Waals surface area (Å²) >= 11 is 5.83. The van der Waals surface area contributed by atoms with Crippen molar-refractivity contribution in [1.29, 1.82) is 5.26 Å². The Kier molecular flexibility index (Phi) is 3.47. The van der Waals surface area contributed by atoms with Crippen LogP contribution in [0.15, 0.2) is 18.2 Å². The van der Waals surface area contributed by atoms with Crippen LogP contribution in [0.3, 0.4) is 0 Å². The van der Waals surface area contributed by atoms with Gasteiger partial charge in [0.1, 0.15) is 11.3 Å². The van der Waals surface area contributed by atoms with Gasteiger partial charge in [0.15, 0.2) is 0 Å². The molecule has 1 atom stereocenters. The molecule has 1 aromatic carbocycles. The fourth-order valence-electron chi connectivity index (χ4n) is 1.94. The molecule has 0 spiro atoms. The first-order valence-electron chi connectivity index (χ1n) is 5.27. The number of carbonyl (C=O) groups is 1. The van der Waals surface area contributed by atoms with Crippen molar-refractivity contribution in [3.63, 3.8) is 0 Å². The molecule has 2 rings (SSSR count). The molecule has 1 amide bonds. The monoisotopic (exact) mass is 302 g/mol. The third-order valence-corrected chi connectivity index (χ3v) is 4.31. The normalized spacial score (nSPS) is 19.5. The molecule has 1 fully saturated rings. The van der Waals surface area contributed by atoms with E-state index in [1.165, 1.54) is 18.2 Å². The van der Waals surface area contributed by atoms with Crippen molar-refractivity contribution in [2.75, 3.05) is 11.4 Å². The molecule has 1 unspecified atom stereocenters. The Morgan fingerprint density at radius 1 is 1.47 bits per heavy atom. The van der Waals surface area contributed by atoms with Crippen molar-refractivity contribution in [2.24, 2.45) is 0 Å². The maximum absolute atomic E-state index is 12.9. The van der Waals surface area contributed by atoms with Gasteiger partial charge in [0.2, 0.25) is 5.91 Å². The molecule has 19 heavy (non-hydrogen) atoms. The summed E-state index contributed by atoms with van der Waals surface area (Å²) in [4.78, 5) is 12.8. The minimum Gasteiger partial charge on any atom is -0.310 e. The summed E-state index contributed by atoms with van der Waals surface area (Å²) in [5.41, 5.74) is 0.264. The number of halogens is 2. The van der Waals surface area contributed by atoms with Gasteiger partial charge in [-0.15, -0.1) is 3.89 Å². The van der Waals surface area contributed by atoms with Crippen molar-refractivity contribution in [3.8, 4) is 6.07 Å². The van der Waals surface area contributed by atoms with E-state index in [1.807, 2.05) is 6.07 Å². The van der Waals surface area contributed by atoms with Gasteiger partial charge in [0, 0.05) is 13.0 Å². The van der Waals surface area contributed by atoms with E-state index < -0.39 is 27.8 Å². The Hall–Kier alpha value is -1.65. The molecule has 0 N–H and O–H groups in total. The topological polar surface area (TPSA) is 78.2 Å². The average Bonchev–Trinajstić information content (AvgIpc) is 2.70. The first-order valence-corrected chi connectivity index (χ1v) is 7.09. The Balaban J connectivity index is 2.43. The third-order valence-electron chi connectivity index (χ3n) is 2.88. The molecule has 0 saturated carbocycles. The lowest BCUT2D eigenvalue weighted by Crippen LogP contribution is -2.27. The van der Waals surface area contributed by atoms with Crippen LogP contribution in [-0.2, 0) is 15.0 Å². The highest BCUT2D eigenvalue weighted by atomic mass is 35.5. The lowest BCUT2D eigenvalue weighted by Gasteiger charge is -2.17. The van der Waals surface area contributed by atoms with Crippen LogP contribution in [0.4, 0.5) is 9.57 Å². The van der Waals surface area contributed by atoms with Crippen LogP contribution in [-0.4, -0.2) is 26.1 Å². The third kappa shape index (κ3) is 2.55. The average molecular weight is 303 g/mol. The summed E-state index contributed by atoms with van der Waals surface area (Å²) < 4.78 is 34.6. The predicted octanol–water partition coefficient (Wildman–Crippen LogP) is 1.62. The summed E-state index contributed by atoms with van der Waals surface area (Å²) in [5, 5.41) is 7.76. The summed E-state index contributed by atoms with van der Waals surface area (Å²) in [6.07, 6.45) is -0.434. The van der Waals surface area contributed by atoms with Crippen molar-refractivity contribution < 1.29 is 17.1 Å². The second-order valence-corrected chi connectivity index (χ2v) is 6.08. The molecule has 0 bridgehead atoms. The van der Waals surface area contributed by atoms with Crippen molar-refractivity contribution in [2.45, 2.75) is 11.7 Å². The zero-order chi connectivity index (χ0) is 14.2. The van der Waals surface area contributed by atoms with Crippen LogP contribution in [0.25, 0.3) is 0 Å². The fraction of sp³-hybridized carbons (Fsp3) is 0.273. The van der Waals surface area contributed by atoms with E-state index in [-0.39, 0.29) is 22.8 Å². The van der Waals surface area contributed by atoms with E-state index >= 15 is 0 Å². The lowest BCUT2D eigenvalue weighted by molar-refractivity contribution is -0.117. The quantitative estimate of drug-likeness (QED) is 0.778. The Morgan fingerprint density at radius 3 is 2.68 bits per heavy atom. The van der Waals surface area contributed by atoms with Crippen molar-refractivity contribution in [1.82, 2.24) is 0 Å². The maximum atomic E-state index is 12.9. The van der Waals surface area contributed by atoms with E-state index in [0.717, 1.165) is 4.90 Å². The molecule has 100 valence electrons. The summed E-state index contributed by atoms with van der Waals surface area (Å²) in [7, 11) is -4.78. The van der Waals surface area contributed by atoms with E-state index in [0.29, 0.717) is 0 Å². The van der Waals surface area contributed by atoms with E-state index in [4.69, 9.17) is 16.9 Å². The molecular formula is C11H8ClFN2O3S. The SMILES string of the molecule is N#Cc1c(Cl)cccc1N1CC(S(=O)(=O)F)CC1=O. The van der Waals surface area contributed by atoms with Crippen LogP contribution >= 0.6 is 11.6 Å². The number of carbonyl (C=O) groups excluding carboxylic acids is 1. The van der Waals surface area contributed by atoms with E-state index in [2.05, 4.69) is 0 Å². The van der Waals surface area contributed by atoms with Gasteiger partial charge < -0.3 is 4.90 Å². The number of amides is 1. The predicted molar refractivity (Wildman–Crippen MR) is 67.0 cm³/mol. The molecule has 1 aliphatic rings. The Morgan fingerprint density at radius 2 is 2.16 bits per heavy atom. The van der Waals surface area contributed by atoms with E-state index in [1.54, 1.807) is 0 Å². The minimum atomic E-state index is -4.78. The molecule has 5 nitrogen and oxygen atoms in total. The van der Waals surface area contributed by atoms with Crippen LogP contribution in [0.5, 0.6) is 0 Å². The smallest absolute Gasteiger partial charge is 0.307 e. The first kappa shape index (κ1) is 13.8. The number of hydrogen-bond donors (Lipinski definition) is 0. The van der Waals surface area contributed by atoms with Gasteiger partial charge >= 0.3 is 10.2 Å². The highest BCUT2D eigenvalue weighted by molar-refractivity contribution is 7.87. The van der Waals surface area contributed by atoms with Gasteiger partial charge in [-0.1, -0.05) is 17.7 Å². The molecule has 0 aromatic heterocycles. The number of nitrogens with zero attached hydrogens (tertiary/aromatic N) is 2. The van der Waals surface area contributed by atoms with Gasteiger partial charge in [0.05, 0.1) is 16.3 Å². The second-order valence-electron chi connectivity index (χ2n) is 4.05. The van der Waals surface area contributed by atoms with Crippen LogP contribution in [0.1, 0.15) is 12.0 Å². The Bertz CT molecular complexity index is 684. The zero-order valence-corrected chi connectivity index (χ0v) is 11.1. The van der Waals surface area contributed by atoms with Gasteiger partial charge in [-0.25, -0.2) is 0 Å². The van der Waals surface area contributed by atoms with Gasteiger partial charge in [0.25, 0.3) is 0 Å². The fourth-order valence-corrected chi connectivity index (χ4v) is 2.83. The first-order chi connectivity index (χ1) is 8.84.